The van der Waals surface area contributed by atoms with E-state index in [2.05, 4.69) is 15.6 Å². The van der Waals surface area contributed by atoms with Crippen LogP contribution in [0.3, 0.4) is 0 Å². The van der Waals surface area contributed by atoms with Gasteiger partial charge in [0, 0.05) is 41.7 Å². The molecule has 28 heavy (non-hydrogen) atoms. The van der Waals surface area contributed by atoms with Crippen LogP contribution in [-0.4, -0.2) is 27.9 Å². The molecule has 0 fully saturated rings. The molecule has 3 rings (SSSR count). The van der Waals surface area contributed by atoms with E-state index < -0.39 is 5.97 Å². The molecule has 1 aromatic heterocycles. The fourth-order valence-corrected chi connectivity index (χ4v) is 3.14. The smallest absolute Gasteiger partial charge is 0.303 e. The fourth-order valence-electron chi connectivity index (χ4n) is 3.14. The molecule has 2 aromatic rings. The van der Waals surface area contributed by atoms with Crippen LogP contribution >= 0.6 is 0 Å². The van der Waals surface area contributed by atoms with Crippen molar-refractivity contribution in [1.29, 1.82) is 0 Å². The summed E-state index contributed by atoms with van der Waals surface area (Å²) >= 11 is 0. The van der Waals surface area contributed by atoms with Gasteiger partial charge in [0.1, 0.15) is 0 Å². The fraction of sp³-hybridized carbons (Fsp3) is 0.286. The molecule has 0 atom stereocenters. The summed E-state index contributed by atoms with van der Waals surface area (Å²) < 4.78 is 0. The summed E-state index contributed by atoms with van der Waals surface area (Å²) in [6, 6.07) is 9.08. The first-order chi connectivity index (χ1) is 13.5. The molecule has 1 aliphatic rings. The van der Waals surface area contributed by atoms with E-state index >= 15 is 0 Å². The summed E-state index contributed by atoms with van der Waals surface area (Å²) in [5.41, 5.74) is 3.50. The maximum absolute atomic E-state index is 12.2. The number of hydrogen-bond donors (Lipinski definition) is 4. The Morgan fingerprint density at radius 1 is 1.07 bits per heavy atom. The van der Waals surface area contributed by atoms with Crippen LogP contribution in [0.4, 0.5) is 11.4 Å². The second kappa shape index (κ2) is 9.03. The van der Waals surface area contributed by atoms with Gasteiger partial charge in [-0.1, -0.05) is 12.8 Å². The number of H-pyrrole nitrogens is 1. The minimum atomic E-state index is -0.785. The van der Waals surface area contributed by atoms with Gasteiger partial charge in [-0.2, -0.15) is 0 Å². The zero-order chi connectivity index (χ0) is 19.9. The van der Waals surface area contributed by atoms with Gasteiger partial charge < -0.3 is 20.7 Å². The normalized spacial score (nSPS) is 14.0. The van der Waals surface area contributed by atoms with Gasteiger partial charge >= 0.3 is 5.97 Å². The van der Waals surface area contributed by atoms with Crippen LogP contribution in [-0.2, 0) is 14.4 Å². The van der Waals surface area contributed by atoms with E-state index in [0.717, 1.165) is 29.8 Å². The van der Waals surface area contributed by atoms with Crippen LogP contribution in [0, 0.1) is 0 Å². The third-order valence-electron chi connectivity index (χ3n) is 4.55. The molecule has 0 saturated heterocycles. The molecular formula is C21H23N3O4. The molecule has 1 aromatic carbocycles. The van der Waals surface area contributed by atoms with Crippen LogP contribution < -0.4 is 10.6 Å². The zero-order valence-electron chi connectivity index (χ0n) is 15.5. The Bertz CT molecular complexity index is 900. The first-order valence-electron chi connectivity index (χ1n) is 9.35. The van der Waals surface area contributed by atoms with E-state index in [1.54, 1.807) is 30.5 Å². The number of amides is 2. The number of aromatic nitrogens is 1. The summed E-state index contributed by atoms with van der Waals surface area (Å²) in [7, 11) is 0. The molecular weight excluding hydrogens is 358 g/mol. The van der Waals surface area contributed by atoms with Crippen molar-refractivity contribution in [3.63, 3.8) is 0 Å². The van der Waals surface area contributed by atoms with Gasteiger partial charge in [0.05, 0.1) is 5.57 Å². The predicted octanol–water partition coefficient (Wildman–Crippen LogP) is 3.87. The minimum Gasteiger partial charge on any atom is -0.481 e. The van der Waals surface area contributed by atoms with E-state index in [1.165, 1.54) is 0 Å². The molecule has 0 spiro atoms. The Morgan fingerprint density at radius 2 is 1.86 bits per heavy atom. The highest BCUT2D eigenvalue weighted by Crippen LogP contribution is 2.35. The summed E-state index contributed by atoms with van der Waals surface area (Å²) in [6.45, 7) is 0. The lowest BCUT2D eigenvalue weighted by atomic mass is 10.0. The van der Waals surface area contributed by atoms with E-state index in [1.807, 2.05) is 12.1 Å². The average Bonchev–Trinajstić information content (AvgIpc) is 3.27. The Kier molecular flexibility index (Phi) is 6.26. The van der Waals surface area contributed by atoms with Crippen molar-refractivity contribution < 1.29 is 19.5 Å². The number of fused-ring (bicyclic) bond motifs is 1. The second-order valence-electron chi connectivity index (χ2n) is 6.75. The topological polar surface area (TPSA) is 111 Å². The largest absolute Gasteiger partial charge is 0.481 e. The molecule has 7 heteroatoms. The molecule has 2 heterocycles. The van der Waals surface area contributed by atoms with Crippen molar-refractivity contribution in [3.8, 4) is 0 Å². The molecule has 0 unspecified atom stereocenters. The standard InChI is InChI=1S/C21H23N3O4/c25-19(7-3-1-2-4-8-20(26)27)23-15-9-10-18-16(13-15)17(21(28)24-18)12-14-6-5-11-22-14/h5-6,9-13,22H,1-4,7-8H2,(H,23,25)(H,24,28)(H,26,27). The van der Waals surface area contributed by atoms with Gasteiger partial charge in [-0.05, 0) is 49.2 Å². The zero-order valence-corrected chi connectivity index (χ0v) is 15.5. The predicted molar refractivity (Wildman–Crippen MR) is 108 cm³/mol. The number of anilines is 2. The number of carbonyl (C=O) groups is 3. The molecule has 7 nitrogen and oxygen atoms in total. The number of hydrogen-bond acceptors (Lipinski definition) is 3. The Balaban J connectivity index is 1.56. The van der Waals surface area contributed by atoms with E-state index in [9.17, 15) is 14.4 Å². The maximum Gasteiger partial charge on any atom is 0.303 e. The third kappa shape index (κ3) is 5.09. The molecule has 0 saturated carbocycles. The van der Waals surface area contributed by atoms with Crippen molar-refractivity contribution in [1.82, 2.24) is 4.98 Å². The van der Waals surface area contributed by atoms with E-state index in [-0.39, 0.29) is 18.2 Å². The van der Waals surface area contributed by atoms with Crippen molar-refractivity contribution in [2.45, 2.75) is 38.5 Å². The number of carboxylic acid groups (broad SMARTS) is 1. The van der Waals surface area contributed by atoms with E-state index in [0.29, 0.717) is 30.5 Å². The summed E-state index contributed by atoms with van der Waals surface area (Å²) in [4.78, 5) is 37.9. The van der Waals surface area contributed by atoms with Crippen molar-refractivity contribution >= 4 is 40.8 Å². The highest BCUT2D eigenvalue weighted by atomic mass is 16.4. The SMILES string of the molecule is O=C(O)CCCCCCC(=O)Nc1ccc2c(c1)C(=Cc1ccc[nH]1)C(=O)N2. The number of aliphatic carboxylic acids is 1. The highest BCUT2D eigenvalue weighted by Gasteiger charge is 2.24. The summed E-state index contributed by atoms with van der Waals surface area (Å²) in [5, 5.41) is 14.3. The number of aromatic amines is 1. The lowest BCUT2D eigenvalue weighted by molar-refractivity contribution is -0.137. The van der Waals surface area contributed by atoms with Gasteiger partial charge in [0.15, 0.2) is 0 Å². The molecule has 4 N–H and O–H groups in total. The molecule has 0 bridgehead atoms. The minimum absolute atomic E-state index is 0.0923. The van der Waals surface area contributed by atoms with Crippen molar-refractivity contribution in [2.24, 2.45) is 0 Å². The van der Waals surface area contributed by atoms with Crippen LogP contribution in [0.15, 0.2) is 36.5 Å². The first kappa shape index (κ1) is 19.4. The Labute approximate surface area is 162 Å². The molecule has 0 aliphatic carbocycles. The number of carbonyl (C=O) groups excluding carboxylic acids is 2. The van der Waals surface area contributed by atoms with Gasteiger partial charge in [-0.15, -0.1) is 0 Å². The quantitative estimate of drug-likeness (QED) is 0.390. The molecule has 0 radical (unpaired) electrons. The Hall–Kier alpha value is -3.35. The number of rotatable bonds is 9. The molecule has 2 amide bonds. The van der Waals surface area contributed by atoms with Crippen LogP contribution in [0.2, 0.25) is 0 Å². The number of nitrogens with one attached hydrogen (secondary N) is 3. The van der Waals surface area contributed by atoms with Gasteiger partial charge in [-0.25, -0.2) is 0 Å². The molecule has 1 aliphatic heterocycles. The monoisotopic (exact) mass is 381 g/mol. The van der Waals surface area contributed by atoms with Crippen LogP contribution in [0.25, 0.3) is 11.6 Å². The van der Waals surface area contributed by atoms with Gasteiger partial charge in [0.25, 0.3) is 5.91 Å². The third-order valence-corrected chi connectivity index (χ3v) is 4.55. The number of benzene rings is 1. The summed E-state index contributed by atoms with van der Waals surface area (Å²) in [5.74, 6) is -1.05. The first-order valence-corrected chi connectivity index (χ1v) is 9.35. The van der Waals surface area contributed by atoms with Crippen molar-refractivity contribution in [2.75, 3.05) is 10.6 Å². The summed E-state index contributed by atoms with van der Waals surface area (Å²) in [6.07, 6.45) is 7.11. The number of carboxylic acids is 1. The lowest BCUT2D eigenvalue weighted by Gasteiger charge is -2.07. The van der Waals surface area contributed by atoms with Gasteiger partial charge in [0.2, 0.25) is 5.91 Å². The Morgan fingerprint density at radius 3 is 2.57 bits per heavy atom. The van der Waals surface area contributed by atoms with E-state index in [4.69, 9.17) is 5.11 Å². The number of unbranched alkanes of at least 4 members (excludes halogenated alkanes) is 3. The highest BCUT2D eigenvalue weighted by molar-refractivity contribution is 6.35. The van der Waals surface area contributed by atoms with Crippen LogP contribution in [0.1, 0.15) is 49.8 Å². The lowest BCUT2D eigenvalue weighted by Crippen LogP contribution is -2.11. The van der Waals surface area contributed by atoms with Crippen LogP contribution in [0.5, 0.6) is 0 Å². The van der Waals surface area contributed by atoms with Gasteiger partial charge in [-0.3, -0.25) is 14.4 Å². The maximum atomic E-state index is 12.2. The molecule has 146 valence electrons. The average molecular weight is 381 g/mol. The van der Waals surface area contributed by atoms with Crippen molar-refractivity contribution in [3.05, 3.63) is 47.8 Å². The second-order valence-corrected chi connectivity index (χ2v) is 6.75.